The molecule has 1 aromatic rings. The van der Waals surface area contributed by atoms with Gasteiger partial charge >= 0.3 is 5.97 Å². The highest BCUT2D eigenvalue weighted by molar-refractivity contribution is 5.89. The van der Waals surface area contributed by atoms with Gasteiger partial charge in [0.1, 0.15) is 0 Å². The minimum Gasteiger partial charge on any atom is -0.468 e. The maximum Gasteiger partial charge on any atom is 0.316 e. The van der Waals surface area contributed by atoms with Gasteiger partial charge in [0.25, 0.3) is 0 Å². The van der Waals surface area contributed by atoms with Crippen LogP contribution in [0.3, 0.4) is 0 Å². The van der Waals surface area contributed by atoms with E-state index >= 15 is 0 Å². The lowest BCUT2D eigenvalue weighted by Crippen LogP contribution is -2.30. The first-order valence-electron chi connectivity index (χ1n) is 8.72. The number of hydrogen-bond donors (Lipinski definition) is 0. The molecule has 3 aliphatic rings. The van der Waals surface area contributed by atoms with E-state index in [9.17, 15) is 4.79 Å². The molecule has 0 aromatic heterocycles. The van der Waals surface area contributed by atoms with E-state index in [-0.39, 0.29) is 18.0 Å². The van der Waals surface area contributed by atoms with Crippen LogP contribution >= 0.6 is 0 Å². The quantitative estimate of drug-likeness (QED) is 0.629. The Labute approximate surface area is 143 Å². The molecule has 1 aromatic carbocycles. The smallest absolute Gasteiger partial charge is 0.316 e. The Hall–Kier alpha value is -1.87. The first-order chi connectivity index (χ1) is 11.6. The Morgan fingerprint density at radius 2 is 2.08 bits per heavy atom. The molecule has 0 radical (unpaired) electrons. The lowest BCUT2D eigenvalue weighted by Gasteiger charge is -2.33. The van der Waals surface area contributed by atoms with Crippen molar-refractivity contribution in [2.75, 3.05) is 14.2 Å². The Bertz CT molecular complexity index is 732. The topological polar surface area (TPSA) is 35.5 Å². The van der Waals surface area contributed by atoms with Crippen molar-refractivity contribution in [2.24, 2.45) is 23.2 Å². The number of fused-ring (bicyclic) bond motifs is 2. The zero-order valence-electron chi connectivity index (χ0n) is 14.5. The summed E-state index contributed by atoms with van der Waals surface area (Å²) in [5.74, 6) is 0.815. The molecule has 3 aliphatic carbocycles. The number of esters is 1. The zero-order chi connectivity index (χ0) is 16.9. The van der Waals surface area contributed by atoms with Crippen LogP contribution in [0.2, 0.25) is 0 Å². The van der Waals surface area contributed by atoms with Gasteiger partial charge in [-0.15, -0.1) is 0 Å². The highest BCUT2D eigenvalue weighted by Gasteiger charge is 2.69. The summed E-state index contributed by atoms with van der Waals surface area (Å²) in [5.41, 5.74) is 3.32. The van der Waals surface area contributed by atoms with Crippen LogP contribution in [0.4, 0.5) is 0 Å². The van der Waals surface area contributed by atoms with Gasteiger partial charge in [0, 0.05) is 18.9 Å². The molecule has 0 amide bonds. The molecule has 0 spiro atoms. The molecule has 3 heteroatoms. The largest absolute Gasteiger partial charge is 0.468 e. The summed E-state index contributed by atoms with van der Waals surface area (Å²) in [5, 5.41) is 0. The summed E-state index contributed by atoms with van der Waals surface area (Å²) in [6.45, 7) is 2.20. The fraction of sp³-hybridized carbons (Fsp3) is 0.476. The molecule has 0 heterocycles. The third-order valence-electron chi connectivity index (χ3n) is 6.26. The molecule has 5 unspecified atom stereocenters. The van der Waals surface area contributed by atoms with Crippen LogP contribution in [0.15, 0.2) is 42.5 Å². The van der Waals surface area contributed by atoms with E-state index in [1.165, 1.54) is 23.8 Å². The van der Waals surface area contributed by atoms with Gasteiger partial charge in [0.15, 0.2) is 0 Å². The number of methoxy groups -OCH3 is 2. The zero-order valence-corrected chi connectivity index (χ0v) is 14.5. The van der Waals surface area contributed by atoms with Crippen molar-refractivity contribution in [1.29, 1.82) is 0 Å². The molecule has 4 rings (SSSR count). The Morgan fingerprint density at radius 3 is 2.75 bits per heavy atom. The van der Waals surface area contributed by atoms with Gasteiger partial charge in [-0.05, 0) is 35.5 Å². The average Bonchev–Trinajstić information content (AvgIpc) is 2.96. The van der Waals surface area contributed by atoms with Gasteiger partial charge in [-0.3, -0.25) is 4.79 Å². The van der Waals surface area contributed by atoms with Gasteiger partial charge < -0.3 is 9.47 Å². The van der Waals surface area contributed by atoms with E-state index in [4.69, 9.17) is 9.47 Å². The summed E-state index contributed by atoms with van der Waals surface area (Å²) < 4.78 is 10.9. The maximum absolute atomic E-state index is 12.6. The van der Waals surface area contributed by atoms with Crippen molar-refractivity contribution in [3.05, 3.63) is 53.6 Å². The number of carbonyl (C=O) groups excluding carboxylic acids is 1. The maximum atomic E-state index is 12.6. The minimum absolute atomic E-state index is 0.0985. The van der Waals surface area contributed by atoms with Crippen LogP contribution < -0.4 is 0 Å². The molecule has 0 aliphatic heterocycles. The normalized spacial score (nSPS) is 37.9. The molecule has 0 bridgehead atoms. The van der Waals surface area contributed by atoms with Crippen LogP contribution in [0.5, 0.6) is 0 Å². The predicted molar refractivity (Wildman–Crippen MR) is 93.3 cm³/mol. The van der Waals surface area contributed by atoms with Gasteiger partial charge in [-0.25, -0.2) is 0 Å². The standard InChI is InChI=1S/C21H24O3/c1-13-16(15-8-5-4-7-14(15)11-19(13)23-2)12-21(20(22)24-3)17-9-6-10-18(17)21/h4-9,12-13,17-19H,10-11H2,1-3H3. The van der Waals surface area contributed by atoms with Crippen molar-refractivity contribution in [3.8, 4) is 0 Å². The van der Waals surface area contributed by atoms with Crippen molar-refractivity contribution >= 4 is 11.5 Å². The van der Waals surface area contributed by atoms with E-state index in [1.807, 2.05) is 0 Å². The third kappa shape index (κ3) is 2.04. The molecule has 1 fully saturated rings. The number of hydrogen-bond acceptors (Lipinski definition) is 3. The minimum atomic E-state index is -0.476. The summed E-state index contributed by atoms with van der Waals surface area (Å²) in [6, 6.07) is 8.48. The van der Waals surface area contributed by atoms with E-state index < -0.39 is 5.41 Å². The van der Waals surface area contributed by atoms with E-state index in [2.05, 4.69) is 49.4 Å². The molecule has 0 saturated heterocycles. The summed E-state index contributed by atoms with van der Waals surface area (Å²) in [6.07, 6.45) is 8.62. The number of allylic oxidation sites excluding steroid dienone is 2. The Kier molecular flexibility index (Phi) is 3.65. The lowest BCUT2D eigenvalue weighted by atomic mass is 9.76. The molecule has 1 saturated carbocycles. The van der Waals surface area contributed by atoms with Crippen LogP contribution in [0.25, 0.3) is 5.57 Å². The Morgan fingerprint density at radius 1 is 1.29 bits per heavy atom. The average molecular weight is 324 g/mol. The number of carbonyl (C=O) groups is 1. The van der Waals surface area contributed by atoms with Crippen LogP contribution in [0, 0.1) is 23.2 Å². The van der Waals surface area contributed by atoms with Crippen molar-refractivity contribution in [3.63, 3.8) is 0 Å². The number of rotatable bonds is 3. The highest BCUT2D eigenvalue weighted by atomic mass is 16.5. The summed E-state index contributed by atoms with van der Waals surface area (Å²) in [7, 11) is 3.27. The molecule has 0 N–H and O–H groups in total. The first-order valence-corrected chi connectivity index (χ1v) is 8.72. The summed E-state index contributed by atoms with van der Waals surface area (Å²) in [4.78, 5) is 12.6. The van der Waals surface area contributed by atoms with Crippen molar-refractivity contribution < 1.29 is 14.3 Å². The van der Waals surface area contributed by atoms with Crippen molar-refractivity contribution in [2.45, 2.75) is 25.9 Å². The SMILES string of the molecule is COC(=O)C1(C=C2c3ccccc3CC(OC)C2C)C2C=CCC21. The monoisotopic (exact) mass is 324 g/mol. The fourth-order valence-electron chi connectivity index (χ4n) is 4.82. The molecular weight excluding hydrogens is 300 g/mol. The van der Waals surface area contributed by atoms with Crippen LogP contribution in [-0.2, 0) is 20.7 Å². The van der Waals surface area contributed by atoms with Gasteiger partial charge in [0.05, 0.1) is 18.6 Å². The van der Waals surface area contributed by atoms with Crippen LogP contribution in [-0.4, -0.2) is 26.3 Å². The van der Waals surface area contributed by atoms with Gasteiger partial charge in [-0.2, -0.15) is 0 Å². The fourth-order valence-corrected chi connectivity index (χ4v) is 4.82. The molecule has 3 nitrogen and oxygen atoms in total. The second-order valence-electron chi connectivity index (χ2n) is 7.24. The van der Waals surface area contributed by atoms with E-state index in [0.29, 0.717) is 11.8 Å². The molecule has 126 valence electrons. The van der Waals surface area contributed by atoms with Gasteiger partial charge in [-0.1, -0.05) is 49.4 Å². The highest BCUT2D eigenvalue weighted by Crippen LogP contribution is 2.67. The Balaban J connectivity index is 1.83. The van der Waals surface area contributed by atoms with E-state index in [1.54, 1.807) is 7.11 Å². The molecular formula is C21H24O3. The number of benzene rings is 1. The predicted octanol–water partition coefficient (Wildman–Crippen LogP) is 3.64. The number of ether oxygens (including phenoxy) is 2. The molecule has 5 atom stereocenters. The molecule has 24 heavy (non-hydrogen) atoms. The second-order valence-corrected chi connectivity index (χ2v) is 7.24. The van der Waals surface area contributed by atoms with Gasteiger partial charge in [0.2, 0.25) is 0 Å². The van der Waals surface area contributed by atoms with Crippen molar-refractivity contribution in [1.82, 2.24) is 0 Å². The van der Waals surface area contributed by atoms with Crippen LogP contribution in [0.1, 0.15) is 24.5 Å². The third-order valence-corrected chi connectivity index (χ3v) is 6.26. The summed E-state index contributed by atoms with van der Waals surface area (Å²) >= 11 is 0. The van der Waals surface area contributed by atoms with E-state index in [0.717, 1.165) is 12.8 Å². The second kappa shape index (κ2) is 5.59. The first kappa shape index (κ1) is 15.6. The lowest BCUT2D eigenvalue weighted by molar-refractivity contribution is -0.146.